The number of hydrogen-bond acceptors (Lipinski definition) is 5. The minimum atomic E-state index is -0.352. The van der Waals surface area contributed by atoms with Crippen molar-refractivity contribution in [2.75, 3.05) is 14.2 Å². The van der Waals surface area contributed by atoms with Gasteiger partial charge in [0, 0.05) is 11.8 Å². The van der Waals surface area contributed by atoms with Crippen molar-refractivity contribution in [2.45, 2.75) is 26.4 Å². The maximum absolute atomic E-state index is 11.6. The first-order valence-corrected chi connectivity index (χ1v) is 10.1. The van der Waals surface area contributed by atoms with Crippen LogP contribution < -0.4 is 9.47 Å². The Bertz CT molecular complexity index is 1060. The van der Waals surface area contributed by atoms with Crippen LogP contribution in [-0.4, -0.2) is 25.2 Å². The summed E-state index contributed by atoms with van der Waals surface area (Å²) in [6.07, 6.45) is 5.68. The van der Waals surface area contributed by atoms with Crippen LogP contribution in [0.15, 0.2) is 60.8 Å². The standard InChI is InChI=1S/C26H27NO4/c1-18(2)23-14-15-27-24(13-10-19-8-11-21(12-9-19)26(28)30-4)25(23)31-17-20-6-5-7-22(16-20)29-3/h5-16,18H,17H2,1-4H3/b13-10+. The molecule has 160 valence electrons. The van der Waals surface area contributed by atoms with E-state index in [1.54, 1.807) is 25.4 Å². The number of rotatable bonds is 8. The lowest BCUT2D eigenvalue weighted by atomic mass is 10.0. The summed E-state index contributed by atoms with van der Waals surface area (Å²) in [6, 6.07) is 17.0. The number of carbonyl (C=O) groups excluding carboxylic acids is 1. The van der Waals surface area contributed by atoms with Crippen LogP contribution in [0.2, 0.25) is 0 Å². The van der Waals surface area contributed by atoms with E-state index < -0.39 is 0 Å². The third kappa shape index (κ3) is 5.72. The zero-order valence-corrected chi connectivity index (χ0v) is 18.3. The summed E-state index contributed by atoms with van der Waals surface area (Å²) in [5.74, 6) is 1.50. The van der Waals surface area contributed by atoms with E-state index in [9.17, 15) is 4.79 Å². The number of methoxy groups -OCH3 is 2. The average molecular weight is 418 g/mol. The molecule has 0 saturated heterocycles. The van der Waals surface area contributed by atoms with Gasteiger partial charge in [0.25, 0.3) is 0 Å². The van der Waals surface area contributed by atoms with E-state index in [-0.39, 0.29) is 11.9 Å². The fourth-order valence-corrected chi connectivity index (χ4v) is 3.15. The van der Waals surface area contributed by atoms with Crippen molar-refractivity contribution in [1.29, 1.82) is 0 Å². The van der Waals surface area contributed by atoms with Crippen molar-refractivity contribution < 1.29 is 19.0 Å². The molecule has 0 aliphatic rings. The summed E-state index contributed by atoms with van der Waals surface area (Å²) in [7, 11) is 3.02. The predicted molar refractivity (Wildman–Crippen MR) is 122 cm³/mol. The molecule has 0 unspecified atom stereocenters. The first kappa shape index (κ1) is 22.1. The molecule has 0 spiro atoms. The zero-order chi connectivity index (χ0) is 22.2. The zero-order valence-electron chi connectivity index (χ0n) is 18.3. The van der Waals surface area contributed by atoms with Gasteiger partial charge < -0.3 is 14.2 Å². The van der Waals surface area contributed by atoms with E-state index in [1.165, 1.54) is 7.11 Å². The minimum absolute atomic E-state index is 0.287. The Morgan fingerprint density at radius 3 is 2.48 bits per heavy atom. The third-order valence-corrected chi connectivity index (χ3v) is 4.87. The lowest BCUT2D eigenvalue weighted by Crippen LogP contribution is -2.03. The van der Waals surface area contributed by atoms with Gasteiger partial charge >= 0.3 is 5.97 Å². The molecule has 0 N–H and O–H groups in total. The molecule has 0 aliphatic heterocycles. The van der Waals surface area contributed by atoms with Gasteiger partial charge in [-0.2, -0.15) is 0 Å². The minimum Gasteiger partial charge on any atom is -0.497 e. The molecule has 1 aromatic heterocycles. The molecule has 0 atom stereocenters. The molecule has 1 heterocycles. The van der Waals surface area contributed by atoms with E-state index >= 15 is 0 Å². The van der Waals surface area contributed by atoms with Crippen LogP contribution in [0.1, 0.15) is 52.5 Å². The molecule has 0 fully saturated rings. The average Bonchev–Trinajstić information content (AvgIpc) is 2.81. The molecule has 2 aromatic carbocycles. The van der Waals surface area contributed by atoms with Crippen molar-refractivity contribution in [3.63, 3.8) is 0 Å². The number of esters is 1. The SMILES string of the molecule is COC(=O)c1ccc(/C=C/c2nccc(C(C)C)c2OCc2cccc(OC)c2)cc1. The molecule has 0 amide bonds. The van der Waals surface area contributed by atoms with Crippen LogP contribution in [0, 0.1) is 0 Å². The Hall–Kier alpha value is -3.60. The fourth-order valence-electron chi connectivity index (χ4n) is 3.15. The highest BCUT2D eigenvalue weighted by Crippen LogP contribution is 2.31. The van der Waals surface area contributed by atoms with Gasteiger partial charge in [0.1, 0.15) is 23.8 Å². The summed E-state index contributed by atoms with van der Waals surface area (Å²) in [5.41, 5.74) is 4.33. The molecule has 3 aromatic rings. The molecular formula is C26H27NO4. The van der Waals surface area contributed by atoms with Crippen molar-refractivity contribution in [3.8, 4) is 11.5 Å². The molecule has 31 heavy (non-hydrogen) atoms. The fraction of sp³-hybridized carbons (Fsp3) is 0.231. The highest BCUT2D eigenvalue weighted by atomic mass is 16.5. The monoisotopic (exact) mass is 417 g/mol. The van der Waals surface area contributed by atoms with Gasteiger partial charge in [-0.25, -0.2) is 4.79 Å². The van der Waals surface area contributed by atoms with Gasteiger partial charge in [-0.15, -0.1) is 0 Å². The summed E-state index contributed by atoms with van der Waals surface area (Å²) in [6.45, 7) is 4.68. The van der Waals surface area contributed by atoms with Crippen LogP contribution >= 0.6 is 0 Å². The second-order valence-electron chi connectivity index (χ2n) is 7.36. The second kappa shape index (κ2) is 10.4. The van der Waals surface area contributed by atoms with Crippen LogP contribution in [0.5, 0.6) is 11.5 Å². The van der Waals surface area contributed by atoms with Crippen LogP contribution in [0.25, 0.3) is 12.2 Å². The highest BCUT2D eigenvalue weighted by molar-refractivity contribution is 5.89. The topological polar surface area (TPSA) is 57.7 Å². The van der Waals surface area contributed by atoms with Gasteiger partial charge in [-0.1, -0.05) is 44.2 Å². The molecule has 0 bridgehead atoms. The molecule has 5 nitrogen and oxygen atoms in total. The Morgan fingerprint density at radius 2 is 1.81 bits per heavy atom. The summed E-state index contributed by atoms with van der Waals surface area (Å²) in [5, 5.41) is 0. The van der Waals surface area contributed by atoms with Crippen molar-refractivity contribution in [1.82, 2.24) is 4.98 Å². The Labute approximate surface area is 183 Å². The van der Waals surface area contributed by atoms with E-state index in [0.29, 0.717) is 12.2 Å². The molecular weight excluding hydrogens is 390 g/mol. The van der Waals surface area contributed by atoms with Gasteiger partial charge in [-0.05, 0) is 53.5 Å². The van der Waals surface area contributed by atoms with Gasteiger partial charge in [0.05, 0.1) is 19.8 Å². The first-order valence-electron chi connectivity index (χ1n) is 10.1. The Kier molecular flexibility index (Phi) is 7.44. The molecule has 0 radical (unpaired) electrons. The van der Waals surface area contributed by atoms with Crippen LogP contribution in [0.3, 0.4) is 0 Å². The first-order chi connectivity index (χ1) is 15.0. The Morgan fingerprint density at radius 1 is 1.03 bits per heavy atom. The number of hydrogen-bond donors (Lipinski definition) is 0. The number of ether oxygens (including phenoxy) is 3. The highest BCUT2D eigenvalue weighted by Gasteiger charge is 2.13. The molecule has 0 saturated carbocycles. The quantitative estimate of drug-likeness (QED) is 0.437. The maximum atomic E-state index is 11.6. The van der Waals surface area contributed by atoms with E-state index in [0.717, 1.165) is 33.9 Å². The van der Waals surface area contributed by atoms with Crippen molar-refractivity contribution in [3.05, 3.63) is 88.7 Å². The molecule has 5 heteroatoms. The summed E-state index contributed by atoms with van der Waals surface area (Å²) < 4.78 is 16.3. The van der Waals surface area contributed by atoms with Crippen molar-refractivity contribution in [2.24, 2.45) is 0 Å². The van der Waals surface area contributed by atoms with E-state index in [4.69, 9.17) is 14.2 Å². The largest absolute Gasteiger partial charge is 0.497 e. The predicted octanol–water partition coefficient (Wildman–Crippen LogP) is 5.75. The number of nitrogens with zero attached hydrogens (tertiary/aromatic N) is 1. The van der Waals surface area contributed by atoms with Gasteiger partial charge in [0.2, 0.25) is 0 Å². The third-order valence-electron chi connectivity index (χ3n) is 4.87. The van der Waals surface area contributed by atoms with E-state index in [2.05, 4.69) is 18.8 Å². The molecule has 3 rings (SSSR count). The lowest BCUT2D eigenvalue weighted by molar-refractivity contribution is 0.0600. The molecule has 0 aliphatic carbocycles. The van der Waals surface area contributed by atoms with Crippen LogP contribution in [-0.2, 0) is 11.3 Å². The maximum Gasteiger partial charge on any atom is 0.337 e. The number of benzene rings is 2. The number of aromatic nitrogens is 1. The van der Waals surface area contributed by atoms with Crippen molar-refractivity contribution >= 4 is 18.1 Å². The second-order valence-corrected chi connectivity index (χ2v) is 7.36. The smallest absolute Gasteiger partial charge is 0.337 e. The summed E-state index contributed by atoms with van der Waals surface area (Å²) in [4.78, 5) is 16.1. The van der Waals surface area contributed by atoms with Gasteiger partial charge in [0.15, 0.2) is 0 Å². The van der Waals surface area contributed by atoms with Gasteiger partial charge in [-0.3, -0.25) is 4.98 Å². The lowest BCUT2D eigenvalue weighted by Gasteiger charge is -2.16. The number of carbonyl (C=O) groups is 1. The van der Waals surface area contributed by atoms with Crippen LogP contribution in [0.4, 0.5) is 0 Å². The van der Waals surface area contributed by atoms with E-state index in [1.807, 2.05) is 54.6 Å². The Balaban J connectivity index is 1.85. The normalized spacial score (nSPS) is 11.0. The number of pyridine rings is 1. The summed E-state index contributed by atoms with van der Waals surface area (Å²) >= 11 is 0.